The number of nitrogens with zero attached hydrogens (tertiary/aromatic N) is 1. The molecular weight excluding hydrogens is 232 g/mol. The lowest BCUT2D eigenvalue weighted by Crippen LogP contribution is -2.18. The maximum atomic E-state index is 11.1. The Morgan fingerprint density at radius 2 is 2.12 bits per heavy atom. The van der Waals surface area contributed by atoms with Gasteiger partial charge in [0.25, 0.3) is 5.91 Å². The summed E-state index contributed by atoms with van der Waals surface area (Å²) in [6.07, 6.45) is 1.87. The van der Waals surface area contributed by atoms with Crippen LogP contribution in [0, 0.1) is 0 Å². The lowest BCUT2D eigenvalue weighted by molar-refractivity contribution is -0.136. The van der Waals surface area contributed by atoms with Crippen LogP contribution in [0.15, 0.2) is 18.3 Å². The van der Waals surface area contributed by atoms with Crippen molar-refractivity contribution in [3.8, 4) is 0 Å². The van der Waals surface area contributed by atoms with Gasteiger partial charge in [-0.3, -0.25) is 14.6 Å². The molecule has 0 spiro atoms. The van der Waals surface area contributed by atoms with E-state index in [2.05, 4.69) is 10.3 Å². The van der Waals surface area contributed by atoms with Crippen LogP contribution in [0.3, 0.4) is 0 Å². The summed E-state index contributed by atoms with van der Waals surface area (Å²) in [6, 6.07) is 3.29. The van der Waals surface area contributed by atoms with E-state index in [-0.39, 0.29) is 24.7 Å². The molecule has 1 rings (SSSR count). The fraction of sp³-hybridized carbons (Fsp3) is 0.300. The number of amides is 1. The van der Waals surface area contributed by atoms with E-state index in [1.165, 1.54) is 6.20 Å². The summed E-state index contributed by atoms with van der Waals surface area (Å²) in [6.45, 7) is 0. The first-order valence-electron chi connectivity index (χ1n) is 4.52. The summed E-state index contributed by atoms with van der Waals surface area (Å²) in [5.74, 6) is -1.06. The summed E-state index contributed by atoms with van der Waals surface area (Å²) in [7, 11) is 1.54. The van der Waals surface area contributed by atoms with Crippen LogP contribution < -0.4 is 5.32 Å². The molecule has 0 saturated carbocycles. The Bertz CT molecular complexity index is 365. The molecule has 1 aromatic rings. The van der Waals surface area contributed by atoms with Crippen molar-refractivity contribution >= 4 is 24.3 Å². The van der Waals surface area contributed by atoms with Gasteiger partial charge in [0.2, 0.25) is 0 Å². The number of aryl methyl sites for hydroxylation is 1. The van der Waals surface area contributed by atoms with E-state index in [0.717, 1.165) is 0 Å². The highest BCUT2D eigenvalue weighted by atomic mass is 35.5. The van der Waals surface area contributed by atoms with Crippen molar-refractivity contribution in [2.75, 3.05) is 7.05 Å². The fourth-order valence-electron chi connectivity index (χ4n) is 1.09. The SMILES string of the molecule is CNC(=O)c1ccc(CCC(=O)O)nc1.Cl. The Labute approximate surface area is 99.3 Å². The van der Waals surface area contributed by atoms with Gasteiger partial charge in [0.05, 0.1) is 12.0 Å². The van der Waals surface area contributed by atoms with Gasteiger partial charge in [-0.2, -0.15) is 0 Å². The van der Waals surface area contributed by atoms with Crippen molar-refractivity contribution in [2.24, 2.45) is 0 Å². The predicted molar refractivity (Wildman–Crippen MR) is 60.8 cm³/mol. The molecule has 0 unspecified atom stereocenters. The van der Waals surface area contributed by atoms with Crippen molar-refractivity contribution in [1.82, 2.24) is 10.3 Å². The van der Waals surface area contributed by atoms with Gasteiger partial charge < -0.3 is 10.4 Å². The minimum atomic E-state index is -0.854. The highest BCUT2D eigenvalue weighted by Gasteiger charge is 2.04. The number of hydrogen-bond acceptors (Lipinski definition) is 3. The monoisotopic (exact) mass is 244 g/mol. The molecule has 1 amide bonds. The second-order valence-electron chi connectivity index (χ2n) is 3.01. The molecule has 0 atom stereocenters. The third-order valence-corrected chi connectivity index (χ3v) is 1.91. The van der Waals surface area contributed by atoms with Crippen LogP contribution in [0.4, 0.5) is 0 Å². The summed E-state index contributed by atoms with van der Waals surface area (Å²) in [5.41, 5.74) is 1.14. The molecule has 0 fully saturated rings. The molecule has 5 nitrogen and oxygen atoms in total. The van der Waals surface area contributed by atoms with Gasteiger partial charge in [-0.15, -0.1) is 12.4 Å². The Morgan fingerprint density at radius 1 is 1.44 bits per heavy atom. The number of carbonyl (C=O) groups excluding carboxylic acids is 1. The zero-order valence-electron chi connectivity index (χ0n) is 8.77. The van der Waals surface area contributed by atoms with E-state index in [4.69, 9.17) is 5.11 Å². The Morgan fingerprint density at radius 3 is 2.56 bits per heavy atom. The summed E-state index contributed by atoms with van der Waals surface area (Å²) >= 11 is 0. The van der Waals surface area contributed by atoms with Crippen molar-refractivity contribution in [3.05, 3.63) is 29.6 Å². The van der Waals surface area contributed by atoms with Crippen LogP contribution in [0.1, 0.15) is 22.5 Å². The quantitative estimate of drug-likeness (QED) is 0.824. The number of carbonyl (C=O) groups is 2. The molecular formula is C10H13ClN2O3. The number of aromatic nitrogens is 1. The average Bonchev–Trinajstić information content (AvgIpc) is 2.26. The number of halogens is 1. The largest absolute Gasteiger partial charge is 0.481 e. The van der Waals surface area contributed by atoms with Gasteiger partial charge in [0.1, 0.15) is 0 Å². The number of hydrogen-bond donors (Lipinski definition) is 2. The smallest absolute Gasteiger partial charge is 0.303 e. The predicted octanol–water partition coefficient (Wildman–Crippen LogP) is 0.880. The first-order chi connectivity index (χ1) is 7.13. The molecule has 0 bridgehead atoms. The lowest BCUT2D eigenvalue weighted by atomic mass is 10.2. The van der Waals surface area contributed by atoms with Gasteiger partial charge >= 0.3 is 5.97 Å². The number of pyridine rings is 1. The molecule has 0 aliphatic heterocycles. The van der Waals surface area contributed by atoms with E-state index in [0.29, 0.717) is 17.7 Å². The second kappa shape index (κ2) is 6.79. The standard InChI is InChI=1S/C10H12N2O3.ClH/c1-11-10(15)7-2-3-8(12-6-7)4-5-9(13)14;/h2-3,6H,4-5H2,1H3,(H,11,15)(H,13,14);1H. The molecule has 16 heavy (non-hydrogen) atoms. The fourth-order valence-corrected chi connectivity index (χ4v) is 1.09. The first-order valence-corrected chi connectivity index (χ1v) is 4.52. The molecule has 0 aliphatic rings. The van der Waals surface area contributed by atoms with Gasteiger partial charge in [0, 0.05) is 25.4 Å². The average molecular weight is 245 g/mol. The van der Waals surface area contributed by atoms with Crippen molar-refractivity contribution in [1.29, 1.82) is 0 Å². The second-order valence-corrected chi connectivity index (χ2v) is 3.01. The van der Waals surface area contributed by atoms with Crippen LogP contribution in [0.25, 0.3) is 0 Å². The minimum absolute atomic E-state index is 0. The minimum Gasteiger partial charge on any atom is -0.481 e. The number of aliphatic carboxylic acids is 1. The topological polar surface area (TPSA) is 79.3 Å². The molecule has 2 N–H and O–H groups in total. The summed E-state index contributed by atoms with van der Waals surface area (Å²) in [5, 5.41) is 10.9. The van der Waals surface area contributed by atoms with Gasteiger partial charge in [0.15, 0.2) is 0 Å². The lowest BCUT2D eigenvalue weighted by Gasteiger charge is -2.01. The van der Waals surface area contributed by atoms with E-state index in [9.17, 15) is 9.59 Å². The van der Waals surface area contributed by atoms with Crippen LogP contribution in [-0.4, -0.2) is 29.0 Å². The van der Waals surface area contributed by atoms with Crippen molar-refractivity contribution in [3.63, 3.8) is 0 Å². The normalized spacial score (nSPS) is 9.06. The molecule has 88 valence electrons. The van der Waals surface area contributed by atoms with Gasteiger partial charge in [-0.25, -0.2) is 0 Å². The number of nitrogens with one attached hydrogen (secondary N) is 1. The maximum absolute atomic E-state index is 11.1. The Hall–Kier alpha value is -1.62. The van der Waals surface area contributed by atoms with E-state index in [1.54, 1.807) is 19.2 Å². The molecule has 0 aromatic carbocycles. The van der Waals surface area contributed by atoms with Crippen LogP contribution >= 0.6 is 12.4 Å². The van der Waals surface area contributed by atoms with Gasteiger partial charge in [-0.1, -0.05) is 0 Å². The zero-order valence-corrected chi connectivity index (χ0v) is 9.58. The molecule has 0 radical (unpaired) electrons. The molecule has 0 saturated heterocycles. The molecule has 1 aromatic heterocycles. The zero-order chi connectivity index (χ0) is 11.3. The van der Waals surface area contributed by atoms with Crippen LogP contribution in [0.5, 0.6) is 0 Å². The number of rotatable bonds is 4. The third-order valence-electron chi connectivity index (χ3n) is 1.91. The highest BCUT2D eigenvalue weighted by molar-refractivity contribution is 5.93. The van der Waals surface area contributed by atoms with Crippen LogP contribution in [0.2, 0.25) is 0 Å². The van der Waals surface area contributed by atoms with E-state index >= 15 is 0 Å². The first kappa shape index (κ1) is 14.4. The Kier molecular flexibility index (Phi) is 6.10. The Balaban J connectivity index is 0.00000225. The third kappa shape index (κ3) is 4.27. The maximum Gasteiger partial charge on any atom is 0.303 e. The molecule has 1 heterocycles. The summed E-state index contributed by atoms with van der Waals surface area (Å²) < 4.78 is 0. The van der Waals surface area contributed by atoms with Crippen molar-refractivity contribution < 1.29 is 14.7 Å². The van der Waals surface area contributed by atoms with E-state index in [1.807, 2.05) is 0 Å². The number of carboxylic acids is 1. The number of carboxylic acid groups (broad SMARTS) is 1. The summed E-state index contributed by atoms with van der Waals surface area (Å²) in [4.78, 5) is 25.4. The van der Waals surface area contributed by atoms with E-state index < -0.39 is 5.97 Å². The molecule has 6 heteroatoms. The highest BCUT2D eigenvalue weighted by Crippen LogP contribution is 2.02. The van der Waals surface area contributed by atoms with Crippen LogP contribution in [-0.2, 0) is 11.2 Å². The molecule has 0 aliphatic carbocycles. The van der Waals surface area contributed by atoms with Gasteiger partial charge in [-0.05, 0) is 12.1 Å². The van der Waals surface area contributed by atoms with Crippen molar-refractivity contribution in [2.45, 2.75) is 12.8 Å².